The molecule has 1 N–H and O–H groups in total. The summed E-state index contributed by atoms with van der Waals surface area (Å²) in [6, 6.07) is 5.63. The fourth-order valence-electron chi connectivity index (χ4n) is 1.64. The van der Waals surface area contributed by atoms with E-state index in [2.05, 4.69) is 29.0 Å². The Morgan fingerprint density at radius 3 is 2.39 bits per heavy atom. The molecular weight excluding hydrogens is 230 g/mol. The molecule has 1 heterocycles. The van der Waals surface area contributed by atoms with Crippen LogP contribution in [0.2, 0.25) is 0 Å². The number of rotatable bonds is 4. The lowest BCUT2D eigenvalue weighted by atomic mass is 10.2. The fraction of sp³-hybridized carbons (Fsp3) is 0.385. The van der Waals surface area contributed by atoms with Crippen molar-refractivity contribution in [1.82, 2.24) is 15.2 Å². The van der Waals surface area contributed by atoms with Crippen LogP contribution in [0, 0.1) is 0 Å². The highest BCUT2D eigenvalue weighted by molar-refractivity contribution is 5.60. The maximum atomic E-state index is 5.26. The number of nitrogens with zero attached hydrogens (tertiary/aromatic N) is 2. The molecule has 96 valence electrons. The van der Waals surface area contributed by atoms with Crippen LogP contribution in [0.3, 0.4) is 0 Å². The first kappa shape index (κ1) is 12.4. The Morgan fingerprint density at radius 1 is 1.11 bits per heavy atom. The largest absolute Gasteiger partial charge is 0.493 e. The first-order valence-corrected chi connectivity index (χ1v) is 5.80. The van der Waals surface area contributed by atoms with E-state index in [1.807, 2.05) is 18.2 Å². The molecule has 18 heavy (non-hydrogen) atoms. The standard InChI is InChI=1S/C13H17N3O2/c1-8(2)12-14-13(16-15-12)9-5-6-10(17-3)11(7-9)18-4/h5-8H,1-4H3,(H,14,15,16). The quantitative estimate of drug-likeness (QED) is 0.902. The summed E-state index contributed by atoms with van der Waals surface area (Å²) in [5.74, 6) is 3.23. The number of nitrogens with one attached hydrogen (secondary N) is 1. The van der Waals surface area contributed by atoms with E-state index in [4.69, 9.17) is 9.47 Å². The maximum absolute atomic E-state index is 5.26. The molecule has 0 unspecified atom stereocenters. The van der Waals surface area contributed by atoms with Gasteiger partial charge in [0.15, 0.2) is 17.3 Å². The zero-order chi connectivity index (χ0) is 13.1. The second kappa shape index (κ2) is 5.08. The van der Waals surface area contributed by atoms with E-state index in [-0.39, 0.29) is 0 Å². The third-order valence-electron chi connectivity index (χ3n) is 2.69. The summed E-state index contributed by atoms with van der Waals surface area (Å²) >= 11 is 0. The molecule has 2 aromatic rings. The van der Waals surface area contributed by atoms with Crippen LogP contribution in [0.15, 0.2) is 18.2 Å². The zero-order valence-corrected chi connectivity index (χ0v) is 11.0. The van der Waals surface area contributed by atoms with Gasteiger partial charge in [0.05, 0.1) is 14.2 Å². The maximum Gasteiger partial charge on any atom is 0.181 e. The Balaban J connectivity index is 2.38. The van der Waals surface area contributed by atoms with Crippen LogP contribution >= 0.6 is 0 Å². The summed E-state index contributed by atoms with van der Waals surface area (Å²) in [6.07, 6.45) is 0. The van der Waals surface area contributed by atoms with E-state index < -0.39 is 0 Å². The van der Waals surface area contributed by atoms with Crippen LogP contribution in [-0.4, -0.2) is 29.4 Å². The highest BCUT2D eigenvalue weighted by Gasteiger charge is 2.11. The molecule has 0 radical (unpaired) electrons. The van der Waals surface area contributed by atoms with E-state index in [0.29, 0.717) is 23.2 Å². The minimum atomic E-state index is 0.325. The number of H-pyrrole nitrogens is 1. The zero-order valence-electron chi connectivity index (χ0n) is 11.0. The summed E-state index contributed by atoms with van der Waals surface area (Å²) in [6.45, 7) is 4.14. The molecular formula is C13H17N3O2. The second-order valence-electron chi connectivity index (χ2n) is 4.27. The van der Waals surface area contributed by atoms with Gasteiger partial charge in [-0.1, -0.05) is 13.8 Å². The highest BCUT2D eigenvalue weighted by atomic mass is 16.5. The molecule has 0 spiro atoms. The number of benzene rings is 1. The number of ether oxygens (including phenoxy) is 2. The summed E-state index contributed by atoms with van der Waals surface area (Å²) in [7, 11) is 3.22. The normalized spacial score (nSPS) is 10.7. The lowest BCUT2D eigenvalue weighted by molar-refractivity contribution is 0.355. The van der Waals surface area contributed by atoms with E-state index in [1.165, 1.54) is 0 Å². The minimum Gasteiger partial charge on any atom is -0.493 e. The molecule has 0 aliphatic heterocycles. The van der Waals surface area contributed by atoms with E-state index >= 15 is 0 Å². The Kier molecular flexibility index (Phi) is 3.50. The van der Waals surface area contributed by atoms with Crippen LogP contribution < -0.4 is 9.47 Å². The Morgan fingerprint density at radius 2 is 1.83 bits per heavy atom. The van der Waals surface area contributed by atoms with Crippen LogP contribution in [0.4, 0.5) is 0 Å². The summed E-state index contributed by atoms with van der Waals surface area (Å²) in [5, 5.41) is 7.14. The average molecular weight is 247 g/mol. The van der Waals surface area contributed by atoms with Crippen molar-refractivity contribution in [3.63, 3.8) is 0 Å². The molecule has 1 aromatic heterocycles. The van der Waals surface area contributed by atoms with Crippen molar-refractivity contribution in [3.8, 4) is 22.9 Å². The van der Waals surface area contributed by atoms with Crippen molar-refractivity contribution >= 4 is 0 Å². The third kappa shape index (κ3) is 2.30. The van der Waals surface area contributed by atoms with Gasteiger partial charge in [0.2, 0.25) is 0 Å². The van der Waals surface area contributed by atoms with Gasteiger partial charge in [-0.15, -0.1) is 0 Å². The number of aromatic nitrogens is 3. The lowest BCUT2D eigenvalue weighted by Gasteiger charge is -2.07. The summed E-state index contributed by atoms with van der Waals surface area (Å²) < 4.78 is 10.5. The van der Waals surface area contributed by atoms with Crippen molar-refractivity contribution in [1.29, 1.82) is 0 Å². The first-order chi connectivity index (χ1) is 8.65. The van der Waals surface area contributed by atoms with Gasteiger partial charge in [0.1, 0.15) is 5.82 Å². The molecule has 2 rings (SSSR count). The SMILES string of the molecule is COc1ccc(-c2n[nH]c(C(C)C)n2)cc1OC. The molecule has 5 nitrogen and oxygen atoms in total. The molecule has 5 heteroatoms. The average Bonchev–Trinajstić information content (AvgIpc) is 2.87. The molecule has 0 bridgehead atoms. The Bertz CT molecular complexity index is 535. The van der Waals surface area contributed by atoms with Crippen LogP contribution in [0.25, 0.3) is 11.4 Å². The van der Waals surface area contributed by atoms with Gasteiger partial charge in [-0.05, 0) is 18.2 Å². The molecule has 0 aliphatic carbocycles. The van der Waals surface area contributed by atoms with E-state index in [0.717, 1.165) is 11.4 Å². The van der Waals surface area contributed by atoms with Gasteiger partial charge in [-0.25, -0.2) is 4.98 Å². The molecule has 0 saturated heterocycles. The van der Waals surface area contributed by atoms with Crippen molar-refractivity contribution in [2.45, 2.75) is 19.8 Å². The smallest absolute Gasteiger partial charge is 0.181 e. The predicted molar refractivity (Wildman–Crippen MR) is 69.0 cm³/mol. The molecule has 0 fully saturated rings. The summed E-state index contributed by atoms with van der Waals surface area (Å²) in [4.78, 5) is 4.45. The second-order valence-corrected chi connectivity index (χ2v) is 4.27. The third-order valence-corrected chi connectivity index (χ3v) is 2.69. The predicted octanol–water partition coefficient (Wildman–Crippen LogP) is 2.61. The van der Waals surface area contributed by atoms with Crippen molar-refractivity contribution in [3.05, 3.63) is 24.0 Å². The Hall–Kier alpha value is -2.04. The van der Waals surface area contributed by atoms with Crippen molar-refractivity contribution in [2.24, 2.45) is 0 Å². The number of hydrogen-bond donors (Lipinski definition) is 1. The Labute approximate surface area is 106 Å². The summed E-state index contributed by atoms with van der Waals surface area (Å²) in [5.41, 5.74) is 0.899. The topological polar surface area (TPSA) is 60.0 Å². The molecule has 0 saturated carbocycles. The van der Waals surface area contributed by atoms with E-state index in [1.54, 1.807) is 14.2 Å². The fourth-order valence-corrected chi connectivity index (χ4v) is 1.64. The van der Waals surface area contributed by atoms with Gasteiger partial charge >= 0.3 is 0 Å². The van der Waals surface area contributed by atoms with Crippen LogP contribution in [-0.2, 0) is 0 Å². The number of aromatic amines is 1. The van der Waals surface area contributed by atoms with Gasteiger partial charge in [0.25, 0.3) is 0 Å². The minimum absolute atomic E-state index is 0.325. The van der Waals surface area contributed by atoms with Gasteiger partial charge in [0, 0.05) is 11.5 Å². The van der Waals surface area contributed by atoms with Crippen molar-refractivity contribution < 1.29 is 9.47 Å². The molecule has 0 atom stereocenters. The molecule has 1 aromatic carbocycles. The molecule has 0 amide bonds. The highest BCUT2D eigenvalue weighted by Crippen LogP contribution is 2.31. The first-order valence-electron chi connectivity index (χ1n) is 5.80. The number of hydrogen-bond acceptors (Lipinski definition) is 4. The lowest BCUT2D eigenvalue weighted by Crippen LogP contribution is -1.92. The van der Waals surface area contributed by atoms with E-state index in [9.17, 15) is 0 Å². The number of methoxy groups -OCH3 is 2. The monoisotopic (exact) mass is 247 g/mol. The van der Waals surface area contributed by atoms with Crippen molar-refractivity contribution in [2.75, 3.05) is 14.2 Å². The van der Waals surface area contributed by atoms with Crippen LogP contribution in [0.1, 0.15) is 25.6 Å². The van der Waals surface area contributed by atoms with Gasteiger partial charge < -0.3 is 9.47 Å². The van der Waals surface area contributed by atoms with Gasteiger partial charge in [-0.3, -0.25) is 5.10 Å². The van der Waals surface area contributed by atoms with Gasteiger partial charge in [-0.2, -0.15) is 5.10 Å². The van der Waals surface area contributed by atoms with Crippen LogP contribution in [0.5, 0.6) is 11.5 Å². The molecule has 0 aliphatic rings.